The first-order chi connectivity index (χ1) is 11.4. The average Bonchev–Trinajstić information content (AvgIpc) is 2.85. The molecule has 0 aromatic heterocycles. The lowest BCUT2D eigenvalue weighted by molar-refractivity contribution is -0.139. The summed E-state index contributed by atoms with van der Waals surface area (Å²) < 4.78 is 0. The molecule has 1 aromatic rings. The molecule has 1 heterocycles. The summed E-state index contributed by atoms with van der Waals surface area (Å²) in [6, 6.07) is 5.69. The average molecular weight is 332 g/mol. The summed E-state index contributed by atoms with van der Waals surface area (Å²) in [5, 5.41) is 13.8. The second-order valence-electron chi connectivity index (χ2n) is 5.87. The van der Waals surface area contributed by atoms with Gasteiger partial charge in [-0.05, 0) is 30.5 Å². The van der Waals surface area contributed by atoms with Gasteiger partial charge in [0, 0.05) is 12.0 Å². The smallest absolute Gasteiger partial charge is 0.326 e. The summed E-state index contributed by atoms with van der Waals surface area (Å²) in [5.74, 6) is -2.42. The van der Waals surface area contributed by atoms with Crippen LogP contribution in [0.25, 0.3) is 0 Å². The highest BCUT2D eigenvalue weighted by Gasteiger charge is 2.30. The molecular formula is C17H20N2O5. The maximum absolute atomic E-state index is 12.1. The van der Waals surface area contributed by atoms with Crippen molar-refractivity contribution in [1.29, 1.82) is 0 Å². The van der Waals surface area contributed by atoms with Gasteiger partial charge >= 0.3 is 5.97 Å². The lowest BCUT2D eigenvalue weighted by atomic mass is 9.97. The molecule has 2 atom stereocenters. The molecule has 7 heteroatoms. The zero-order valence-corrected chi connectivity index (χ0v) is 13.4. The van der Waals surface area contributed by atoms with E-state index in [0.717, 1.165) is 5.56 Å². The van der Waals surface area contributed by atoms with E-state index in [2.05, 4.69) is 10.6 Å². The minimum Gasteiger partial charge on any atom is -0.480 e. The molecule has 3 amide bonds. The van der Waals surface area contributed by atoms with Crippen molar-refractivity contribution in [1.82, 2.24) is 10.6 Å². The van der Waals surface area contributed by atoms with E-state index < -0.39 is 17.9 Å². The summed E-state index contributed by atoms with van der Waals surface area (Å²) in [6.07, 6.45) is 1.62. The molecule has 0 saturated carbocycles. The van der Waals surface area contributed by atoms with Crippen molar-refractivity contribution < 1.29 is 24.3 Å². The lowest BCUT2D eigenvalue weighted by Gasteiger charge is -2.14. The van der Waals surface area contributed by atoms with E-state index >= 15 is 0 Å². The van der Waals surface area contributed by atoms with Gasteiger partial charge in [0.15, 0.2) is 0 Å². The van der Waals surface area contributed by atoms with Crippen molar-refractivity contribution >= 4 is 23.7 Å². The molecule has 1 aliphatic heterocycles. The van der Waals surface area contributed by atoms with E-state index in [1.165, 1.54) is 0 Å². The number of amides is 3. The van der Waals surface area contributed by atoms with Crippen LogP contribution in [0.1, 0.15) is 42.1 Å². The number of carboxylic acids is 1. The molecule has 1 saturated heterocycles. The first-order valence-electron chi connectivity index (χ1n) is 7.87. The molecule has 128 valence electrons. The molecule has 7 nitrogen and oxygen atoms in total. The third kappa shape index (κ3) is 4.41. The van der Waals surface area contributed by atoms with Crippen molar-refractivity contribution in [2.45, 2.75) is 38.6 Å². The van der Waals surface area contributed by atoms with E-state index in [4.69, 9.17) is 5.11 Å². The van der Waals surface area contributed by atoms with Crippen molar-refractivity contribution in [3.63, 3.8) is 0 Å². The number of hydrogen-bond donors (Lipinski definition) is 3. The Balaban J connectivity index is 1.98. The first-order valence-corrected chi connectivity index (χ1v) is 7.87. The Morgan fingerprint density at radius 2 is 1.96 bits per heavy atom. The maximum atomic E-state index is 12.1. The fourth-order valence-corrected chi connectivity index (χ4v) is 2.64. The van der Waals surface area contributed by atoms with Gasteiger partial charge < -0.3 is 10.4 Å². The van der Waals surface area contributed by atoms with Gasteiger partial charge in [-0.1, -0.05) is 25.5 Å². The predicted molar refractivity (Wildman–Crippen MR) is 85.2 cm³/mol. The number of carboxylic acid groups (broad SMARTS) is 1. The van der Waals surface area contributed by atoms with Crippen molar-refractivity contribution in [2.24, 2.45) is 5.92 Å². The summed E-state index contributed by atoms with van der Waals surface area (Å²) in [4.78, 5) is 45.9. The summed E-state index contributed by atoms with van der Waals surface area (Å²) >= 11 is 0. The minimum atomic E-state index is -1.06. The number of nitrogens with one attached hydrogen (secondary N) is 2. The third-order valence-electron chi connectivity index (χ3n) is 3.94. The van der Waals surface area contributed by atoms with Crippen LogP contribution < -0.4 is 10.6 Å². The molecule has 24 heavy (non-hydrogen) atoms. The van der Waals surface area contributed by atoms with Crippen molar-refractivity contribution in [2.75, 3.05) is 0 Å². The van der Waals surface area contributed by atoms with E-state index in [-0.39, 0.29) is 24.2 Å². The number of carbonyl (C=O) groups is 4. The Kier molecular flexibility index (Phi) is 5.68. The molecule has 1 fully saturated rings. The van der Waals surface area contributed by atoms with Crippen LogP contribution in [0.5, 0.6) is 0 Å². The Bertz CT molecular complexity index is 653. The first kappa shape index (κ1) is 17.7. The minimum absolute atomic E-state index is 0.179. The highest BCUT2D eigenvalue weighted by atomic mass is 16.4. The quantitative estimate of drug-likeness (QED) is 0.642. The molecule has 1 aromatic carbocycles. The normalized spacial score (nSPS) is 18.1. The summed E-state index contributed by atoms with van der Waals surface area (Å²) in [6.45, 7) is 1.85. The van der Waals surface area contributed by atoms with Crippen LogP contribution >= 0.6 is 0 Å². The van der Waals surface area contributed by atoms with Crippen LogP contribution in [-0.2, 0) is 20.8 Å². The number of carbonyl (C=O) groups excluding carboxylic acids is 3. The zero-order valence-electron chi connectivity index (χ0n) is 13.4. The van der Waals surface area contributed by atoms with Gasteiger partial charge in [0.25, 0.3) is 5.91 Å². The third-order valence-corrected chi connectivity index (χ3v) is 3.94. The van der Waals surface area contributed by atoms with Crippen LogP contribution in [0.3, 0.4) is 0 Å². The van der Waals surface area contributed by atoms with E-state index in [1.54, 1.807) is 24.3 Å². The molecule has 2 rings (SSSR count). The van der Waals surface area contributed by atoms with Gasteiger partial charge in [0.1, 0.15) is 6.04 Å². The van der Waals surface area contributed by atoms with Crippen LogP contribution in [0.2, 0.25) is 0 Å². The van der Waals surface area contributed by atoms with Gasteiger partial charge in [-0.2, -0.15) is 0 Å². The lowest BCUT2D eigenvalue weighted by Crippen LogP contribution is -2.40. The van der Waals surface area contributed by atoms with Crippen LogP contribution in [0, 0.1) is 5.92 Å². The van der Waals surface area contributed by atoms with E-state index in [1.807, 2.05) is 6.92 Å². The van der Waals surface area contributed by atoms with E-state index in [9.17, 15) is 19.2 Å². The summed E-state index contributed by atoms with van der Waals surface area (Å²) in [7, 11) is 0. The molecule has 1 aliphatic rings. The molecular weight excluding hydrogens is 312 g/mol. The fourth-order valence-electron chi connectivity index (χ4n) is 2.64. The standard InChI is InChI=1S/C17H20N2O5/c1-2-3-13(17(23)24)18-15(21)11-6-4-10(5-7-11)8-12-9-14(20)19-16(12)22/h4-7,12-13H,2-3,8-9H2,1H3,(H,18,21)(H,23,24)(H,19,20,22). The van der Waals surface area contributed by atoms with Crippen LogP contribution in [-0.4, -0.2) is 34.8 Å². The van der Waals surface area contributed by atoms with Crippen LogP contribution in [0.4, 0.5) is 0 Å². The Morgan fingerprint density at radius 3 is 2.46 bits per heavy atom. The summed E-state index contributed by atoms with van der Waals surface area (Å²) in [5.41, 5.74) is 1.19. The SMILES string of the molecule is CCCC(NC(=O)c1ccc(CC2CC(=O)NC2=O)cc1)C(=O)O. The largest absolute Gasteiger partial charge is 0.480 e. The zero-order chi connectivity index (χ0) is 17.7. The maximum Gasteiger partial charge on any atom is 0.326 e. The number of imide groups is 1. The Morgan fingerprint density at radius 1 is 1.29 bits per heavy atom. The van der Waals surface area contributed by atoms with Gasteiger partial charge in [-0.15, -0.1) is 0 Å². The molecule has 0 aliphatic carbocycles. The molecule has 3 N–H and O–H groups in total. The monoisotopic (exact) mass is 332 g/mol. The molecule has 0 radical (unpaired) electrons. The van der Waals surface area contributed by atoms with Crippen molar-refractivity contribution in [3.05, 3.63) is 35.4 Å². The topological polar surface area (TPSA) is 113 Å². The van der Waals surface area contributed by atoms with Crippen molar-refractivity contribution in [3.8, 4) is 0 Å². The van der Waals surface area contributed by atoms with E-state index in [0.29, 0.717) is 24.8 Å². The second kappa shape index (κ2) is 7.72. The molecule has 2 unspecified atom stereocenters. The van der Waals surface area contributed by atoms with Gasteiger partial charge in [0.2, 0.25) is 11.8 Å². The van der Waals surface area contributed by atoms with Crippen LogP contribution in [0.15, 0.2) is 24.3 Å². The van der Waals surface area contributed by atoms with Gasteiger partial charge in [0.05, 0.1) is 5.92 Å². The highest BCUT2D eigenvalue weighted by Crippen LogP contribution is 2.17. The number of hydrogen-bond acceptors (Lipinski definition) is 4. The predicted octanol–water partition coefficient (Wildman–Crippen LogP) is 0.875. The Hall–Kier alpha value is -2.70. The molecule has 0 bridgehead atoms. The fraction of sp³-hybridized carbons (Fsp3) is 0.412. The van der Waals surface area contributed by atoms with Gasteiger partial charge in [-0.3, -0.25) is 19.7 Å². The van der Waals surface area contributed by atoms with Gasteiger partial charge in [-0.25, -0.2) is 4.79 Å². The second-order valence-corrected chi connectivity index (χ2v) is 5.87. The number of rotatable bonds is 7. The number of aliphatic carboxylic acids is 1. The Labute approximate surface area is 139 Å². The highest BCUT2D eigenvalue weighted by molar-refractivity contribution is 6.03. The molecule has 0 spiro atoms. The number of benzene rings is 1.